The zero-order valence-corrected chi connectivity index (χ0v) is 9.99. The molecule has 1 aliphatic rings. The summed E-state index contributed by atoms with van der Waals surface area (Å²) in [6.45, 7) is 1.63. The molecule has 0 unspecified atom stereocenters. The number of carbonyl (C=O) groups excluding carboxylic acids is 1. The van der Waals surface area contributed by atoms with E-state index in [2.05, 4.69) is 10.2 Å². The summed E-state index contributed by atoms with van der Waals surface area (Å²) in [5.41, 5.74) is 2.89. The summed E-state index contributed by atoms with van der Waals surface area (Å²) in [4.78, 5) is 11.7. The second-order valence-electron chi connectivity index (χ2n) is 4.87. The Bertz CT molecular complexity index is 565. The number of benzene rings is 1. The molecule has 0 spiro atoms. The maximum absolute atomic E-state index is 11.7. The Balaban J connectivity index is 2.21. The molecule has 88 valence electrons. The molecule has 1 aromatic heterocycles. The minimum atomic E-state index is 0.122. The van der Waals surface area contributed by atoms with E-state index in [9.17, 15) is 4.79 Å². The number of aromatic amines is 1. The third-order valence-electron chi connectivity index (χ3n) is 3.75. The molecule has 0 aliphatic heterocycles. The number of ketones is 1. The molecule has 0 amide bonds. The van der Waals surface area contributed by atoms with E-state index in [0.717, 1.165) is 16.5 Å². The summed E-state index contributed by atoms with van der Waals surface area (Å²) in [5.74, 6) is 0.678. The second kappa shape index (κ2) is 3.99. The van der Waals surface area contributed by atoms with E-state index in [4.69, 9.17) is 0 Å². The molecular weight excluding hydrogens is 212 g/mol. The van der Waals surface area contributed by atoms with Crippen LogP contribution in [0.1, 0.15) is 54.6 Å². The van der Waals surface area contributed by atoms with Crippen LogP contribution < -0.4 is 0 Å². The smallest absolute Gasteiger partial charge is 0.160 e. The standard InChI is InChI=1S/C14H16N2O/c1-9(17)11-7-4-8-12-13(11)14(16-15-12)10-5-2-3-6-10/h4,7-8,10H,2-3,5-6H2,1H3,(H,15,16). The van der Waals surface area contributed by atoms with Crippen LogP contribution in [0.2, 0.25) is 0 Å². The van der Waals surface area contributed by atoms with Crippen LogP contribution in [0.3, 0.4) is 0 Å². The van der Waals surface area contributed by atoms with Crippen molar-refractivity contribution in [3.8, 4) is 0 Å². The summed E-state index contributed by atoms with van der Waals surface area (Å²) >= 11 is 0. The van der Waals surface area contributed by atoms with Gasteiger partial charge in [0.2, 0.25) is 0 Å². The third kappa shape index (κ3) is 1.66. The van der Waals surface area contributed by atoms with E-state index in [1.54, 1.807) is 6.92 Å². The fraction of sp³-hybridized carbons (Fsp3) is 0.429. The molecular formula is C14H16N2O. The van der Waals surface area contributed by atoms with Gasteiger partial charge < -0.3 is 0 Å². The number of nitrogens with zero attached hydrogens (tertiary/aromatic N) is 1. The molecule has 3 heteroatoms. The number of aromatic nitrogens is 2. The Hall–Kier alpha value is -1.64. The zero-order chi connectivity index (χ0) is 11.8. The predicted octanol–water partition coefficient (Wildman–Crippen LogP) is 3.42. The maximum Gasteiger partial charge on any atom is 0.160 e. The van der Waals surface area contributed by atoms with Crippen molar-refractivity contribution in [1.29, 1.82) is 0 Å². The lowest BCUT2D eigenvalue weighted by Gasteiger charge is -2.08. The molecule has 2 aromatic rings. The van der Waals surface area contributed by atoms with E-state index < -0.39 is 0 Å². The maximum atomic E-state index is 11.7. The van der Waals surface area contributed by atoms with Crippen molar-refractivity contribution in [1.82, 2.24) is 10.2 Å². The second-order valence-corrected chi connectivity index (χ2v) is 4.87. The van der Waals surface area contributed by atoms with Crippen LogP contribution >= 0.6 is 0 Å². The largest absolute Gasteiger partial charge is 0.294 e. The zero-order valence-electron chi connectivity index (χ0n) is 9.99. The first-order valence-corrected chi connectivity index (χ1v) is 6.25. The first kappa shape index (κ1) is 10.5. The van der Waals surface area contributed by atoms with E-state index in [-0.39, 0.29) is 5.78 Å². The molecule has 1 fully saturated rings. The van der Waals surface area contributed by atoms with Crippen LogP contribution in [-0.2, 0) is 0 Å². The fourth-order valence-corrected chi connectivity index (χ4v) is 2.90. The minimum Gasteiger partial charge on any atom is -0.294 e. The Kier molecular flexibility index (Phi) is 2.46. The number of hydrogen-bond acceptors (Lipinski definition) is 2. The van der Waals surface area contributed by atoms with Crippen molar-refractivity contribution < 1.29 is 4.79 Å². The van der Waals surface area contributed by atoms with Crippen LogP contribution in [0.25, 0.3) is 10.9 Å². The van der Waals surface area contributed by atoms with E-state index >= 15 is 0 Å². The van der Waals surface area contributed by atoms with Gasteiger partial charge in [0.05, 0.1) is 5.52 Å². The number of rotatable bonds is 2. The van der Waals surface area contributed by atoms with E-state index in [1.165, 1.54) is 31.4 Å². The van der Waals surface area contributed by atoms with Crippen LogP contribution in [0.5, 0.6) is 0 Å². The van der Waals surface area contributed by atoms with Crippen molar-refractivity contribution in [3.05, 3.63) is 29.5 Å². The lowest BCUT2D eigenvalue weighted by Crippen LogP contribution is -1.98. The number of nitrogens with one attached hydrogen (secondary N) is 1. The van der Waals surface area contributed by atoms with Gasteiger partial charge in [-0.3, -0.25) is 9.89 Å². The summed E-state index contributed by atoms with van der Waals surface area (Å²) < 4.78 is 0. The summed E-state index contributed by atoms with van der Waals surface area (Å²) in [6, 6.07) is 5.77. The molecule has 1 N–H and O–H groups in total. The number of fused-ring (bicyclic) bond motifs is 1. The fourth-order valence-electron chi connectivity index (χ4n) is 2.90. The Labute approximate surface area is 100 Å². The highest BCUT2D eigenvalue weighted by Crippen LogP contribution is 2.37. The molecule has 0 radical (unpaired) electrons. The Morgan fingerprint density at radius 3 is 2.82 bits per heavy atom. The normalized spacial score (nSPS) is 16.8. The molecule has 1 aliphatic carbocycles. The summed E-state index contributed by atoms with van der Waals surface area (Å²) in [7, 11) is 0. The van der Waals surface area contributed by atoms with Gasteiger partial charge in [-0.2, -0.15) is 5.10 Å². The lowest BCUT2D eigenvalue weighted by molar-refractivity contribution is 0.101. The highest BCUT2D eigenvalue weighted by Gasteiger charge is 2.23. The molecule has 1 heterocycles. The molecule has 0 bridgehead atoms. The van der Waals surface area contributed by atoms with Crippen molar-refractivity contribution in [2.75, 3.05) is 0 Å². The summed E-state index contributed by atoms with van der Waals surface area (Å²) in [5, 5.41) is 8.53. The highest BCUT2D eigenvalue weighted by atomic mass is 16.1. The van der Waals surface area contributed by atoms with Crippen molar-refractivity contribution in [2.45, 2.75) is 38.5 Å². The average Bonchev–Trinajstić information content (AvgIpc) is 2.96. The number of Topliss-reactive ketones (excluding diaryl/α,β-unsaturated/α-hetero) is 1. The van der Waals surface area contributed by atoms with Crippen molar-refractivity contribution >= 4 is 16.7 Å². The van der Waals surface area contributed by atoms with Gasteiger partial charge in [-0.1, -0.05) is 25.0 Å². The molecule has 0 atom stereocenters. The topological polar surface area (TPSA) is 45.8 Å². The average molecular weight is 228 g/mol. The molecule has 3 nitrogen and oxygen atoms in total. The quantitative estimate of drug-likeness (QED) is 0.800. The van der Waals surface area contributed by atoms with Gasteiger partial charge in [0, 0.05) is 22.6 Å². The molecule has 1 saturated carbocycles. The monoisotopic (exact) mass is 228 g/mol. The SMILES string of the molecule is CC(=O)c1cccc2n[nH]c(C3CCCC3)c12. The van der Waals surface area contributed by atoms with Gasteiger partial charge in [0.15, 0.2) is 5.78 Å². The minimum absolute atomic E-state index is 0.122. The van der Waals surface area contributed by atoms with Gasteiger partial charge in [0.1, 0.15) is 0 Å². The number of hydrogen-bond donors (Lipinski definition) is 1. The molecule has 1 aromatic carbocycles. The van der Waals surface area contributed by atoms with Crippen LogP contribution in [0, 0.1) is 0 Å². The van der Waals surface area contributed by atoms with Gasteiger partial charge in [-0.15, -0.1) is 0 Å². The van der Waals surface area contributed by atoms with E-state index in [1.807, 2.05) is 18.2 Å². The Morgan fingerprint density at radius 2 is 2.12 bits per heavy atom. The summed E-state index contributed by atoms with van der Waals surface area (Å²) in [6.07, 6.45) is 4.99. The third-order valence-corrected chi connectivity index (χ3v) is 3.75. The van der Waals surface area contributed by atoms with Gasteiger partial charge >= 0.3 is 0 Å². The number of carbonyl (C=O) groups is 1. The highest BCUT2D eigenvalue weighted by molar-refractivity contribution is 6.07. The van der Waals surface area contributed by atoms with E-state index in [0.29, 0.717) is 5.92 Å². The number of H-pyrrole nitrogens is 1. The Morgan fingerprint density at radius 1 is 1.35 bits per heavy atom. The van der Waals surface area contributed by atoms with Crippen molar-refractivity contribution in [3.63, 3.8) is 0 Å². The first-order valence-electron chi connectivity index (χ1n) is 6.25. The lowest BCUT2D eigenvalue weighted by atomic mass is 9.96. The van der Waals surface area contributed by atoms with Gasteiger partial charge in [-0.05, 0) is 25.8 Å². The predicted molar refractivity (Wildman–Crippen MR) is 67.3 cm³/mol. The van der Waals surface area contributed by atoms with Crippen LogP contribution in [0.15, 0.2) is 18.2 Å². The first-order chi connectivity index (χ1) is 8.27. The molecule has 3 rings (SSSR count). The van der Waals surface area contributed by atoms with Gasteiger partial charge in [-0.25, -0.2) is 0 Å². The van der Waals surface area contributed by atoms with Gasteiger partial charge in [0.25, 0.3) is 0 Å². The van der Waals surface area contributed by atoms with Crippen LogP contribution in [0.4, 0.5) is 0 Å². The van der Waals surface area contributed by atoms with Crippen LogP contribution in [-0.4, -0.2) is 16.0 Å². The molecule has 17 heavy (non-hydrogen) atoms. The molecule has 0 saturated heterocycles. The van der Waals surface area contributed by atoms with Crippen molar-refractivity contribution in [2.24, 2.45) is 0 Å².